The largest absolute Gasteiger partial charge is 0.497 e. The van der Waals surface area contributed by atoms with Gasteiger partial charge in [0.2, 0.25) is 5.91 Å². The van der Waals surface area contributed by atoms with Gasteiger partial charge in [-0.15, -0.1) is 0 Å². The number of carbonyl (C=O) groups excluding carboxylic acids is 1. The van der Waals surface area contributed by atoms with E-state index in [1.807, 2.05) is 37.3 Å². The summed E-state index contributed by atoms with van der Waals surface area (Å²) in [5.41, 5.74) is 1.95. The SMILES string of the molecule is CCN(C(=O)CSc1nc2ccccc2c(=O)n1Cc1ccc(OC)cc1)c1ccc(F)cc1. The van der Waals surface area contributed by atoms with Gasteiger partial charge in [0.15, 0.2) is 5.16 Å². The lowest BCUT2D eigenvalue weighted by molar-refractivity contribution is -0.116. The number of ether oxygens (including phenoxy) is 1. The fourth-order valence-electron chi connectivity index (χ4n) is 3.64. The molecule has 0 aliphatic heterocycles. The molecule has 174 valence electrons. The van der Waals surface area contributed by atoms with E-state index in [4.69, 9.17) is 4.74 Å². The third-order valence-corrected chi connectivity index (χ3v) is 6.37. The summed E-state index contributed by atoms with van der Waals surface area (Å²) >= 11 is 1.21. The number of benzene rings is 3. The topological polar surface area (TPSA) is 64.4 Å². The van der Waals surface area contributed by atoms with Gasteiger partial charge in [0.25, 0.3) is 5.56 Å². The summed E-state index contributed by atoms with van der Waals surface area (Å²) in [6, 6.07) is 20.5. The summed E-state index contributed by atoms with van der Waals surface area (Å²) in [4.78, 5) is 32.6. The molecule has 0 saturated heterocycles. The lowest BCUT2D eigenvalue weighted by atomic mass is 10.2. The lowest BCUT2D eigenvalue weighted by Crippen LogP contribution is -2.32. The Morgan fingerprint density at radius 2 is 1.76 bits per heavy atom. The Bertz CT molecular complexity index is 1350. The first-order valence-electron chi connectivity index (χ1n) is 10.8. The number of fused-ring (bicyclic) bond motifs is 1. The summed E-state index contributed by atoms with van der Waals surface area (Å²) < 4.78 is 20.1. The van der Waals surface area contributed by atoms with Crippen molar-refractivity contribution in [3.8, 4) is 5.75 Å². The second-order valence-corrected chi connectivity index (χ2v) is 8.50. The molecule has 1 heterocycles. The predicted octanol–water partition coefficient (Wildman–Crippen LogP) is 4.74. The van der Waals surface area contributed by atoms with Crippen LogP contribution < -0.4 is 15.2 Å². The van der Waals surface area contributed by atoms with Crippen molar-refractivity contribution in [2.75, 3.05) is 24.3 Å². The van der Waals surface area contributed by atoms with Crippen LogP contribution in [0.1, 0.15) is 12.5 Å². The van der Waals surface area contributed by atoms with Crippen LogP contribution in [0, 0.1) is 5.82 Å². The summed E-state index contributed by atoms with van der Waals surface area (Å²) in [5.74, 6) is 0.300. The number of methoxy groups -OCH3 is 1. The molecule has 8 heteroatoms. The molecule has 4 rings (SSSR count). The number of aromatic nitrogens is 2. The van der Waals surface area contributed by atoms with Crippen LogP contribution in [0.5, 0.6) is 5.75 Å². The zero-order valence-electron chi connectivity index (χ0n) is 18.9. The highest BCUT2D eigenvalue weighted by Crippen LogP contribution is 2.22. The minimum Gasteiger partial charge on any atom is -0.497 e. The van der Waals surface area contributed by atoms with E-state index in [0.717, 1.165) is 11.3 Å². The van der Waals surface area contributed by atoms with Crippen molar-refractivity contribution in [1.82, 2.24) is 9.55 Å². The van der Waals surface area contributed by atoms with Crippen LogP contribution in [0.3, 0.4) is 0 Å². The van der Waals surface area contributed by atoms with Gasteiger partial charge in [0.05, 0.1) is 30.3 Å². The Kier molecular flexibility index (Phi) is 7.27. The fraction of sp³-hybridized carbons (Fsp3) is 0.192. The number of hydrogen-bond acceptors (Lipinski definition) is 5. The maximum Gasteiger partial charge on any atom is 0.262 e. The van der Waals surface area contributed by atoms with E-state index < -0.39 is 0 Å². The van der Waals surface area contributed by atoms with E-state index in [1.165, 1.54) is 23.9 Å². The Morgan fingerprint density at radius 3 is 2.44 bits per heavy atom. The van der Waals surface area contributed by atoms with E-state index in [2.05, 4.69) is 4.98 Å². The number of thioether (sulfide) groups is 1. The summed E-state index contributed by atoms with van der Waals surface area (Å²) in [5, 5.41) is 0.983. The van der Waals surface area contributed by atoms with E-state index in [0.29, 0.717) is 34.8 Å². The zero-order valence-corrected chi connectivity index (χ0v) is 19.7. The second-order valence-electron chi connectivity index (χ2n) is 7.55. The zero-order chi connectivity index (χ0) is 24.1. The van der Waals surface area contributed by atoms with Crippen LogP contribution in [0.25, 0.3) is 10.9 Å². The van der Waals surface area contributed by atoms with Crippen molar-refractivity contribution >= 4 is 34.3 Å². The maximum atomic E-state index is 13.3. The molecule has 0 fully saturated rings. The lowest BCUT2D eigenvalue weighted by Gasteiger charge is -2.21. The average molecular weight is 478 g/mol. The normalized spacial score (nSPS) is 10.9. The Morgan fingerprint density at radius 1 is 1.06 bits per heavy atom. The smallest absolute Gasteiger partial charge is 0.262 e. The number of hydrogen-bond donors (Lipinski definition) is 0. The van der Waals surface area contributed by atoms with E-state index >= 15 is 0 Å². The molecule has 0 saturated carbocycles. The predicted molar refractivity (Wildman–Crippen MR) is 133 cm³/mol. The van der Waals surface area contributed by atoms with Crippen LogP contribution in [-0.4, -0.2) is 34.9 Å². The first-order valence-corrected chi connectivity index (χ1v) is 11.8. The van der Waals surface area contributed by atoms with Crippen molar-refractivity contribution in [3.05, 3.63) is 94.5 Å². The monoisotopic (exact) mass is 477 g/mol. The number of nitrogens with zero attached hydrogens (tertiary/aromatic N) is 3. The molecule has 0 bridgehead atoms. The maximum absolute atomic E-state index is 13.3. The minimum absolute atomic E-state index is 0.0820. The van der Waals surface area contributed by atoms with Crippen molar-refractivity contribution in [2.45, 2.75) is 18.6 Å². The molecular formula is C26H24FN3O3S. The van der Waals surface area contributed by atoms with Gasteiger partial charge in [-0.3, -0.25) is 14.2 Å². The van der Waals surface area contributed by atoms with Crippen LogP contribution in [0.15, 0.2) is 82.7 Å². The highest BCUT2D eigenvalue weighted by molar-refractivity contribution is 7.99. The number of para-hydroxylation sites is 1. The molecule has 34 heavy (non-hydrogen) atoms. The molecule has 6 nitrogen and oxygen atoms in total. The number of carbonyl (C=O) groups is 1. The molecule has 0 atom stereocenters. The molecule has 4 aromatic rings. The molecule has 1 amide bonds. The van der Waals surface area contributed by atoms with Crippen molar-refractivity contribution in [3.63, 3.8) is 0 Å². The first-order chi connectivity index (χ1) is 16.5. The third-order valence-electron chi connectivity index (χ3n) is 5.41. The van der Waals surface area contributed by atoms with Crippen molar-refractivity contribution < 1.29 is 13.9 Å². The first kappa shape index (κ1) is 23.5. The van der Waals surface area contributed by atoms with Crippen molar-refractivity contribution in [2.24, 2.45) is 0 Å². The highest BCUT2D eigenvalue weighted by atomic mass is 32.2. The quantitative estimate of drug-likeness (QED) is 0.271. The summed E-state index contributed by atoms with van der Waals surface area (Å²) in [6.45, 7) is 2.61. The van der Waals surface area contributed by atoms with E-state index in [-0.39, 0.29) is 23.0 Å². The molecule has 0 radical (unpaired) electrons. The molecule has 0 N–H and O–H groups in total. The van der Waals surface area contributed by atoms with Crippen LogP contribution in [0.2, 0.25) is 0 Å². The summed E-state index contributed by atoms with van der Waals surface area (Å²) in [7, 11) is 1.60. The fourth-order valence-corrected chi connectivity index (χ4v) is 4.51. The van der Waals surface area contributed by atoms with Gasteiger partial charge in [-0.05, 0) is 61.0 Å². The van der Waals surface area contributed by atoms with Gasteiger partial charge >= 0.3 is 0 Å². The highest BCUT2D eigenvalue weighted by Gasteiger charge is 2.18. The molecule has 0 aliphatic carbocycles. The van der Waals surface area contributed by atoms with Gasteiger partial charge in [-0.2, -0.15) is 0 Å². The number of amides is 1. The number of rotatable bonds is 8. The average Bonchev–Trinajstić information content (AvgIpc) is 2.86. The standard InChI is InChI=1S/C26H24FN3O3S/c1-3-29(20-12-10-19(27)11-13-20)24(31)17-34-26-28-23-7-5-4-6-22(23)25(32)30(26)16-18-8-14-21(33-2)15-9-18/h4-15H,3,16-17H2,1-2H3. The molecular weight excluding hydrogens is 453 g/mol. The molecule has 3 aromatic carbocycles. The van der Waals surface area contributed by atoms with Crippen LogP contribution in [0.4, 0.5) is 10.1 Å². The van der Waals surface area contributed by atoms with Gasteiger partial charge in [0, 0.05) is 12.2 Å². The van der Waals surface area contributed by atoms with E-state index in [9.17, 15) is 14.0 Å². The van der Waals surface area contributed by atoms with Crippen LogP contribution in [-0.2, 0) is 11.3 Å². The number of halogens is 1. The minimum atomic E-state index is -0.357. The Labute approximate surface area is 201 Å². The van der Waals surface area contributed by atoms with Gasteiger partial charge < -0.3 is 9.64 Å². The Balaban J connectivity index is 1.63. The van der Waals surface area contributed by atoms with E-state index in [1.54, 1.807) is 46.9 Å². The van der Waals surface area contributed by atoms with Gasteiger partial charge in [-0.25, -0.2) is 9.37 Å². The molecule has 1 aromatic heterocycles. The number of anilines is 1. The van der Waals surface area contributed by atoms with Gasteiger partial charge in [0.1, 0.15) is 11.6 Å². The van der Waals surface area contributed by atoms with Crippen molar-refractivity contribution in [1.29, 1.82) is 0 Å². The molecule has 0 unspecified atom stereocenters. The molecule has 0 spiro atoms. The van der Waals surface area contributed by atoms with Crippen LogP contribution >= 0.6 is 11.8 Å². The Hall–Kier alpha value is -3.65. The third kappa shape index (κ3) is 5.12. The summed E-state index contributed by atoms with van der Waals surface area (Å²) in [6.07, 6.45) is 0. The second kappa shape index (κ2) is 10.5. The molecule has 0 aliphatic rings. The van der Waals surface area contributed by atoms with Gasteiger partial charge in [-0.1, -0.05) is 36.0 Å².